The van der Waals surface area contributed by atoms with E-state index in [-0.39, 0.29) is 23.5 Å². The number of ketones is 1. The lowest BCUT2D eigenvalue weighted by molar-refractivity contribution is -0.149. The van der Waals surface area contributed by atoms with Gasteiger partial charge < -0.3 is 19.5 Å². The summed E-state index contributed by atoms with van der Waals surface area (Å²) in [6.45, 7) is 7.15. The number of nitrogens with zero attached hydrogens (tertiary/aromatic N) is 2. The highest BCUT2D eigenvalue weighted by molar-refractivity contribution is 6.01. The zero-order valence-electron chi connectivity index (χ0n) is 19.0. The van der Waals surface area contributed by atoms with Gasteiger partial charge in [0.25, 0.3) is 5.91 Å². The first-order valence-corrected chi connectivity index (χ1v) is 10.2. The van der Waals surface area contributed by atoms with Crippen LogP contribution in [-0.2, 0) is 9.57 Å². The largest absolute Gasteiger partial charge is 0.496 e. The summed E-state index contributed by atoms with van der Waals surface area (Å²) in [7, 11) is 2.76. The summed E-state index contributed by atoms with van der Waals surface area (Å²) in [5.41, 5.74) is -0.199. The first-order chi connectivity index (χ1) is 14.5. The van der Waals surface area contributed by atoms with Crippen LogP contribution in [-0.4, -0.2) is 77.9 Å². The number of hydrogen-bond acceptors (Lipinski definition) is 7. The van der Waals surface area contributed by atoms with Crippen LogP contribution >= 0.6 is 0 Å². The molecule has 0 bridgehead atoms. The zero-order chi connectivity index (χ0) is 23.3. The number of methoxy groups -OCH3 is 1. The van der Waals surface area contributed by atoms with E-state index in [9.17, 15) is 19.5 Å². The van der Waals surface area contributed by atoms with Crippen molar-refractivity contribution in [3.05, 3.63) is 29.3 Å². The molecule has 1 aromatic rings. The minimum absolute atomic E-state index is 0.0470. The second kappa shape index (κ2) is 10.1. The molecule has 1 N–H and O–H groups in total. The number of amides is 2. The maximum Gasteiger partial charge on any atom is 0.410 e. The molecule has 0 aliphatic carbocycles. The number of rotatable bonds is 5. The van der Waals surface area contributed by atoms with E-state index in [1.165, 1.54) is 44.2 Å². The molecule has 2 amide bonds. The van der Waals surface area contributed by atoms with Gasteiger partial charge in [-0.1, -0.05) is 0 Å². The maximum absolute atomic E-state index is 13.2. The van der Waals surface area contributed by atoms with Crippen LogP contribution in [0.4, 0.5) is 4.79 Å². The van der Waals surface area contributed by atoms with Crippen LogP contribution in [0.15, 0.2) is 18.2 Å². The second-order valence-electron chi connectivity index (χ2n) is 8.49. The van der Waals surface area contributed by atoms with E-state index in [2.05, 4.69) is 0 Å². The lowest BCUT2D eigenvalue weighted by Gasteiger charge is -2.34. The summed E-state index contributed by atoms with van der Waals surface area (Å²) in [6, 6.07) is 3.68. The summed E-state index contributed by atoms with van der Waals surface area (Å²) in [5, 5.41) is 11.7. The second-order valence-corrected chi connectivity index (χ2v) is 8.49. The van der Waals surface area contributed by atoms with Crippen molar-refractivity contribution >= 4 is 17.8 Å². The van der Waals surface area contributed by atoms with Crippen molar-refractivity contribution in [1.82, 2.24) is 9.96 Å². The molecule has 1 aromatic carbocycles. The molecule has 172 valence electrons. The Morgan fingerprint density at radius 1 is 1.19 bits per heavy atom. The topological polar surface area (TPSA) is 106 Å². The van der Waals surface area contributed by atoms with Crippen LogP contribution in [0.3, 0.4) is 0 Å². The van der Waals surface area contributed by atoms with Crippen molar-refractivity contribution in [2.75, 3.05) is 27.3 Å². The van der Waals surface area contributed by atoms with E-state index in [0.717, 1.165) is 5.06 Å². The van der Waals surface area contributed by atoms with Crippen molar-refractivity contribution < 1.29 is 33.8 Å². The van der Waals surface area contributed by atoms with E-state index in [1.54, 1.807) is 20.8 Å². The molecule has 0 aromatic heterocycles. The van der Waals surface area contributed by atoms with Crippen molar-refractivity contribution in [3.63, 3.8) is 0 Å². The van der Waals surface area contributed by atoms with E-state index in [1.807, 2.05) is 0 Å². The molecule has 1 aliphatic heterocycles. The Labute approximate surface area is 182 Å². The number of aliphatic hydroxyl groups excluding tert-OH is 1. The molecule has 2 atom stereocenters. The third-order valence-electron chi connectivity index (χ3n) is 4.96. The number of likely N-dealkylation sites (tertiary alicyclic amines) is 1. The summed E-state index contributed by atoms with van der Waals surface area (Å²) in [6.07, 6.45) is -0.474. The zero-order valence-corrected chi connectivity index (χ0v) is 19.0. The van der Waals surface area contributed by atoms with E-state index in [4.69, 9.17) is 14.3 Å². The van der Waals surface area contributed by atoms with Gasteiger partial charge in [-0.15, -0.1) is 0 Å². The lowest BCUT2D eigenvalue weighted by atomic mass is 10.0. The van der Waals surface area contributed by atoms with E-state index in [0.29, 0.717) is 25.1 Å². The quantitative estimate of drug-likeness (QED) is 0.559. The molecule has 0 saturated carbocycles. The number of ether oxygens (including phenoxy) is 2. The van der Waals surface area contributed by atoms with Gasteiger partial charge in [0, 0.05) is 18.7 Å². The highest BCUT2D eigenvalue weighted by Crippen LogP contribution is 2.24. The predicted octanol–water partition coefficient (Wildman–Crippen LogP) is 2.66. The first-order valence-electron chi connectivity index (χ1n) is 10.2. The molecule has 1 fully saturated rings. The maximum atomic E-state index is 13.2. The standard InChI is InChI=1S/C22H32N2O7/c1-14(25)16-12-15(9-10-19(16)29-5)20(27)24(30-6)17-13-23(11-7-8-18(17)26)21(28)31-22(2,3)4/h9-10,12,17-18,26H,7-8,11,13H2,1-6H3/t17-,18-/m1/s1. The predicted molar refractivity (Wildman–Crippen MR) is 113 cm³/mol. The number of hydroxylamine groups is 2. The van der Waals surface area contributed by atoms with Crippen LogP contribution in [0, 0.1) is 0 Å². The fraction of sp³-hybridized carbons (Fsp3) is 0.591. The van der Waals surface area contributed by atoms with Crippen LogP contribution in [0.2, 0.25) is 0 Å². The van der Waals surface area contributed by atoms with Gasteiger partial charge in [-0.25, -0.2) is 9.86 Å². The van der Waals surface area contributed by atoms with Gasteiger partial charge in [-0.05, 0) is 58.7 Å². The van der Waals surface area contributed by atoms with Gasteiger partial charge in [0.05, 0.1) is 25.9 Å². The van der Waals surface area contributed by atoms with Gasteiger partial charge in [0.15, 0.2) is 5.78 Å². The highest BCUT2D eigenvalue weighted by atomic mass is 16.7. The molecule has 2 rings (SSSR count). The molecule has 1 aliphatic rings. The number of Topliss-reactive ketones (excluding diaryl/α,β-unsaturated/α-hetero) is 1. The van der Waals surface area contributed by atoms with Crippen molar-refractivity contribution in [2.24, 2.45) is 0 Å². The van der Waals surface area contributed by atoms with Crippen LogP contribution in [0.25, 0.3) is 0 Å². The Bertz CT molecular complexity index is 819. The Hall–Kier alpha value is -2.65. The Morgan fingerprint density at radius 2 is 1.87 bits per heavy atom. The minimum atomic E-state index is -0.901. The third-order valence-corrected chi connectivity index (χ3v) is 4.96. The molecule has 1 saturated heterocycles. The van der Waals surface area contributed by atoms with Crippen molar-refractivity contribution in [2.45, 2.75) is 58.3 Å². The van der Waals surface area contributed by atoms with Gasteiger partial charge in [0.2, 0.25) is 0 Å². The fourth-order valence-corrected chi connectivity index (χ4v) is 3.46. The molecule has 9 nitrogen and oxygen atoms in total. The Kier molecular flexibility index (Phi) is 8.02. The third kappa shape index (κ3) is 6.18. The number of carbonyl (C=O) groups excluding carboxylic acids is 3. The van der Waals surface area contributed by atoms with Crippen LogP contribution < -0.4 is 4.74 Å². The number of hydrogen-bond donors (Lipinski definition) is 1. The molecule has 0 spiro atoms. The smallest absolute Gasteiger partial charge is 0.410 e. The van der Waals surface area contributed by atoms with Crippen LogP contribution in [0.1, 0.15) is 61.3 Å². The molecule has 1 heterocycles. The van der Waals surface area contributed by atoms with E-state index < -0.39 is 29.7 Å². The Morgan fingerprint density at radius 3 is 2.42 bits per heavy atom. The molecular formula is C22H32N2O7. The van der Waals surface area contributed by atoms with Crippen molar-refractivity contribution in [1.29, 1.82) is 0 Å². The highest BCUT2D eigenvalue weighted by Gasteiger charge is 2.37. The summed E-state index contributed by atoms with van der Waals surface area (Å²) >= 11 is 0. The monoisotopic (exact) mass is 436 g/mol. The molecule has 31 heavy (non-hydrogen) atoms. The molecular weight excluding hydrogens is 404 g/mol. The fourth-order valence-electron chi connectivity index (χ4n) is 3.46. The van der Waals surface area contributed by atoms with Gasteiger partial charge in [-0.3, -0.25) is 14.4 Å². The first kappa shape index (κ1) is 24.6. The molecule has 0 unspecified atom stereocenters. The number of benzene rings is 1. The average Bonchev–Trinajstić information content (AvgIpc) is 2.88. The number of aliphatic hydroxyl groups is 1. The normalized spacial score (nSPS) is 19.4. The summed E-state index contributed by atoms with van der Waals surface area (Å²) in [5.74, 6) is -0.428. The summed E-state index contributed by atoms with van der Waals surface area (Å²) in [4.78, 5) is 44.6. The SMILES string of the molecule is COc1ccc(C(=O)N(OC)[C@@H]2CN(C(=O)OC(C)(C)C)CCC[C@H]2O)cc1C(C)=O. The van der Waals surface area contributed by atoms with E-state index >= 15 is 0 Å². The van der Waals surface area contributed by atoms with Gasteiger partial charge >= 0.3 is 6.09 Å². The van der Waals surface area contributed by atoms with Gasteiger partial charge in [-0.2, -0.15) is 0 Å². The van der Waals surface area contributed by atoms with Crippen LogP contribution in [0.5, 0.6) is 5.75 Å². The average molecular weight is 437 g/mol. The molecule has 9 heteroatoms. The summed E-state index contributed by atoms with van der Waals surface area (Å²) < 4.78 is 10.6. The number of carbonyl (C=O) groups is 3. The Balaban J connectivity index is 2.31. The minimum Gasteiger partial charge on any atom is -0.496 e. The van der Waals surface area contributed by atoms with Crippen molar-refractivity contribution in [3.8, 4) is 5.75 Å². The molecule has 0 radical (unpaired) electrons. The van der Waals surface area contributed by atoms with Gasteiger partial charge in [0.1, 0.15) is 17.4 Å². The lowest BCUT2D eigenvalue weighted by Crippen LogP contribution is -2.52.